The second-order valence-electron chi connectivity index (χ2n) is 9.92. The fourth-order valence-electron chi connectivity index (χ4n) is 5.39. The van der Waals surface area contributed by atoms with Crippen molar-refractivity contribution in [2.75, 3.05) is 12.4 Å². The van der Waals surface area contributed by atoms with Gasteiger partial charge in [0, 0.05) is 17.4 Å². The van der Waals surface area contributed by atoms with Gasteiger partial charge in [0.2, 0.25) is 0 Å². The van der Waals surface area contributed by atoms with E-state index in [1.165, 1.54) is 0 Å². The number of hydrogen-bond donors (Lipinski definition) is 1. The molecule has 7 heteroatoms. The van der Waals surface area contributed by atoms with Crippen molar-refractivity contribution in [3.8, 4) is 17.3 Å². The number of urea groups is 1. The van der Waals surface area contributed by atoms with Gasteiger partial charge in [-0.2, -0.15) is 5.10 Å². The fraction of sp³-hybridized carbons (Fsp3) is 0.188. The van der Waals surface area contributed by atoms with Crippen molar-refractivity contribution in [1.29, 1.82) is 0 Å². The summed E-state index contributed by atoms with van der Waals surface area (Å²) in [5.74, 6) is 1.68. The zero-order valence-corrected chi connectivity index (χ0v) is 22.6. The average Bonchev–Trinajstić information content (AvgIpc) is 3.52. The molecule has 1 atom stereocenters. The highest BCUT2D eigenvalue weighted by Gasteiger charge is 2.36. The first-order valence-electron chi connectivity index (χ1n) is 13.1. The molecule has 2 aromatic heterocycles. The van der Waals surface area contributed by atoms with Gasteiger partial charge in [-0.3, -0.25) is 0 Å². The maximum absolute atomic E-state index is 14.2. The third kappa shape index (κ3) is 4.26. The van der Waals surface area contributed by atoms with Crippen LogP contribution in [0.3, 0.4) is 0 Å². The highest BCUT2D eigenvalue weighted by Crippen LogP contribution is 2.39. The summed E-state index contributed by atoms with van der Waals surface area (Å²) >= 11 is 0. The van der Waals surface area contributed by atoms with E-state index in [4.69, 9.17) is 9.84 Å². The maximum atomic E-state index is 14.2. The number of para-hydroxylation sites is 1. The number of methoxy groups -OCH3 is 1. The molecule has 5 aromatic rings. The molecule has 1 aliphatic rings. The SMILES string of the molecule is COc1cccc([C@@H]2c3cccn3-c3c(c(C)nn3-c3ccccc3)CN2C(=O)Nc2cccc(C)c2C)c1. The Kier molecular flexibility index (Phi) is 6.19. The molecule has 196 valence electrons. The van der Waals surface area contributed by atoms with Crippen LogP contribution in [0, 0.1) is 20.8 Å². The Hall–Kier alpha value is -4.78. The van der Waals surface area contributed by atoms with Crippen LogP contribution in [0.4, 0.5) is 10.5 Å². The van der Waals surface area contributed by atoms with Crippen molar-refractivity contribution >= 4 is 11.7 Å². The van der Waals surface area contributed by atoms with Gasteiger partial charge in [-0.05, 0) is 79.9 Å². The summed E-state index contributed by atoms with van der Waals surface area (Å²) in [5, 5.41) is 8.14. The normalized spacial score (nSPS) is 14.4. The smallest absolute Gasteiger partial charge is 0.322 e. The number of ether oxygens (including phenoxy) is 1. The number of rotatable bonds is 4. The van der Waals surface area contributed by atoms with Gasteiger partial charge < -0.3 is 19.5 Å². The van der Waals surface area contributed by atoms with Crippen molar-refractivity contribution in [1.82, 2.24) is 19.2 Å². The third-order valence-electron chi connectivity index (χ3n) is 7.60. The van der Waals surface area contributed by atoms with Crippen molar-refractivity contribution < 1.29 is 9.53 Å². The van der Waals surface area contributed by atoms with Crippen molar-refractivity contribution in [2.24, 2.45) is 0 Å². The minimum Gasteiger partial charge on any atom is -0.497 e. The molecule has 0 saturated heterocycles. The zero-order valence-electron chi connectivity index (χ0n) is 22.6. The third-order valence-corrected chi connectivity index (χ3v) is 7.60. The van der Waals surface area contributed by atoms with E-state index in [9.17, 15) is 4.79 Å². The van der Waals surface area contributed by atoms with Crippen LogP contribution in [0.2, 0.25) is 0 Å². The van der Waals surface area contributed by atoms with Crippen LogP contribution in [0.5, 0.6) is 5.75 Å². The topological polar surface area (TPSA) is 64.3 Å². The summed E-state index contributed by atoms with van der Waals surface area (Å²) in [6.07, 6.45) is 2.05. The molecule has 1 N–H and O–H groups in total. The Labute approximate surface area is 228 Å². The molecule has 0 fully saturated rings. The quantitative estimate of drug-likeness (QED) is 0.287. The van der Waals surface area contributed by atoms with E-state index in [0.29, 0.717) is 6.54 Å². The highest BCUT2D eigenvalue weighted by atomic mass is 16.5. The first kappa shape index (κ1) is 24.6. The number of anilines is 1. The Morgan fingerprint density at radius 1 is 0.949 bits per heavy atom. The zero-order chi connectivity index (χ0) is 27.1. The van der Waals surface area contributed by atoms with Gasteiger partial charge in [0.25, 0.3) is 0 Å². The molecule has 0 bridgehead atoms. The highest BCUT2D eigenvalue weighted by molar-refractivity contribution is 5.91. The molecule has 3 aromatic carbocycles. The molecule has 7 nitrogen and oxygen atoms in total. The summed E-state index contributed by atoms with van der Waals surface area (Å²) in [7, 11) is 1.66. The van der Waals surface area contributed by atoms with Gasteiger partial charge in [-0.25, -0.2) is 9.48 Å². The lowest BCUT2D eigenvalue weighted by atomic mass is 10.0. The van der Waals surface area contributed by atoms with E-state index in [1.807, 2.05) is 96.4 Å². The van der Waals surface area contributed by atoms with Crippen LogP contribution in [-0.2, 0) is 6.54 Å². The lowest BCUT2D eigenvalue weighted by Crippen LogP contribution is -2.38. The van der Waals surface area contributed by atoms with Crippen molar-refractivity contribution in [3.63, 3.8) is 0 Å². The number of amides is 2. The Morgan fingerprint density at radius 3 is 2.54 bits per heavy atom. The summed E-state index contributed by atoms with van der Waals surface area (Å²) in [6, 6.07) is 27.6. The summed E-state index contributed by atoms with van der Waals surface area (Å²) in [6.45, 7) is 6.48. The van der Waals surface area contributed by atoms with Crippen molar-refractivity contribution in [3.05, 3.63) is 125 Å². The van der Waals surface area contributed by atoms with Gasteiger partial charge in [0.15, 0.2) is 0 Å². The molecule has 0 radical (unpaired) electrons. The van der Waals surface area contributed by atoms with E-state index >= 15 is 0 Å². The molecule has 1 aliphatic heterocycles. The van der Waals surface area contributed by atoms with E-state index in [1.54, 1.807) is 7.11 Å². The number of aromatic nitrogens is 3. The van der Waals surface area contributed by atoms with E-state index in [2.05, 4.69) is 35.0 Å². The molecule has 39 heavy (non-hydrogen) atoms. The molecular formula is C32H31N5O2. The maximum Gasteiger partial charge on any atom is 0.322 e. The number of carbonyl (C=O) groups is 1. The minimum absolute atomic E-state index is 0.177. The number of fused-ring (bicyclic) bond motifs is 3. The van der Waals surface area contributed by atoms with Crippen LogP contribution < -0.4 is 10.1 Å². The van der Waals surface area contributed by atoms with Crippen LogP contribution >= 0.6 is 0 Å². The van der Waals surface area contributed by atoms with E-state index in [-0.39, 0.29) is 12.1 Å². The molecular weight excluding hydrogens is 486 g/mol. The Bertz CT molecular complexity index is 1670. The first-order valence-corrected chi connectivity index (χ1v) is 13.1. The number of aryl methyl sites for hydroxylation is 2. The standard InChI is InChI=1S/C32H31N5O2/c1-21-11-8-16-28(22(21)2)33-32(38)36-20-27-23(3)34-37(25-13-6-5-7-14-25)31(27)35-18-10-17-29(35)30(36)24-12-9-15-26(19-24)39-4/h5-19,30H,20H2,1-4H3,(H,33,38)/t30-/m1/s1. The van der Waals surface area contributed by atoms with Crippen LogP contribution in [-0.4, -0.2) is 32.4 Å². The number of hydrogen-bond acceptors (Lipinski definition) is 3. The monoisotopic (exact) mass is 517 g/mol. The van der Waals surface area contributed by atoms with E-state index in [0.717, 1.165) is 56.6 Å². The lowest BCUT2D eigenvalue weighted by molar-refractivity contribution is 0.194. The first-order chi connectivity index (χ1) is 19.0. The molecule has 0 aliphatic carbocycles. The van der Waals surface area contributed by atoms with Crippen LogP contribution in [0.25, 0.3) is 11.5 Å². The van der Waals surface area contributed by atoms with Gasteiger partial charge in [-0.15, -0.1) is 0 Å². The van der Waals surface area contributed by atoms with Gasteiger partial charge >= 0.3 is 6.03 Å². The van der Waals surface area contributed by atoms with Gasteiger partial charge in [0.05, 0.1) is 36.8 Å². The largest absolute Gasteiger partial charge is 0.497 e. The molecule has 2 amide bonds. The van der Waals surface area contributed by atoms with Crippen LogP contribution in [0.1, 0.15) is 39.7 Å². The van der Waals surface area contributed by atoms with Gasteiger partial charge in [-0.1, -0.05) is 42.5 Å². The molecule has 0 spiro atoms. The van der Waals surface area contributed by atoms with Crippen molar-refractivity contribution in [2.45, 2.75) is 33.4 Å². The average molecular weight is 518 g/mol. The lowest BCUT2D eigenvalue weighted by Gasteiger charge is -2.31. The summed E-state index contributed by atoms with van der Waals surface area (Å²) < 4.78 is 9.71. The number of nitrogens with one attached hydrogen (secondary N) is 1. The molecule has 0 unspecified atom stereocenters. The molecule has 3 heterocycles. The Balaban J connectivity index is 1.55. The minimum atomic E-state index is -0.365. The second-order valence-corrected chi connectivity index (χ2v) is 9.92. The number of carbonyl (C=O) groups excluding carboxylic acids is 1. The Morgan fingerprint density at radius 2 is 1.74 bits per heavy atom. The van der Waals surface area contributed by atoms with E-state index < -0.39 is 0 Å². The van der Waals surface area contributed by atoms with Crippen LogP contribution in [0.15, 0.2) is 91.1 Å². The molecule has 0 saturated carbocycles. The fourth-order valence-corrected chi connectivity index (χ4v) is 5.39. The van der Waals surface area contributed by atoms with Gasteiger partial charge in [0.1, 0.15) is 11.6 Å². The number of benzene rings is 3. The molecule has 6 rings (SSSR count). The predicted octanol–water partition coefficient (Wildman–Crippen LogP) is 6.73. The summed E-state index contributed by atoms with van der Waals surface area (Å²) in [5.41, 5.74) is 7.76. The second kappa shape index (κ2) is 9.83. The summed E-state index contributed by atoms with van der Waals surface area (Å²) in [4.78, 5) is 16.1. The predicted molar refractivity (Wildman–Crippen MR) is 153 cm³/mol. The number of nitrogens with zero attached hydrogens (tertiary/aromatic N) is 4.